The molecule has 2 aromatic rings. The van der Waals surface area contributed by atoms with Gasteiger partial charge in [-0.25, -0.2) is 4.79 Å². The molecule has 270 valence electrons. The molecular weight excluding hydrogens is 630 g/mol. The van der Waals surface area contributed by atoms with Gasteiger partial charge in [-0.1, -0.05) is 6.92 Å². The SMILES string of the molecule is C[C@H]1CCCCO[C@H](CN(C)C(=O)CCCN(C)C)[C@@H](C)CN([C@@H](C)CO)C(=O)c2cc(NC(=O)Nc3ccc4c(c3)OCO4)ccc2O1. The van der Waals surface area contributed by atoms with Gasteiger partial charge in [0, 0.05) is 56.5 Å². The maximum absolute atomic E-state index is 14.4. The maximum Gasteiger partial charge on any atom is 0.323 e. The number of carbonyl (C=O) groups is 3. The quantitative estimate of drug-likeness (QED) is 0.326. The van der Waals surface area contributed by atoms with Gasteiger partial charge in [-0.2, -0.15) is 0 Å². The molecule has 0 saturated heterocycles. The van der Waals surface area contributed by atoms with Gasteiger partial charge in [-0.15, -0.1) is 0 Å². The zero-order chi connectivity index (χ0) is 35.5. The van der Waals surface area contributed by atoms with E-state index in [-0.39, 0.29) is 55.4 Å². The predicted molar refractivity (Wildman–Crippen MR) is 188 cm³/mol. The molecular formula is C36H53N5O8. The standard InChI is InChI=1S/C36H53N5O8/c1-24-20-41(25(2)22-42)35(44)29-18-27(37-36(45)38-28-13-15-31-32(19-28)48-23-47-31)12-14-30(29)49-26(3)10-7-8-17-46-33(24)21-40(6)34(43)11-9-16-39(4)5/h12-15,18-19,24-26,33,42H,7-11,16-17,20-23H2,1-6H3,(H2,37,38,45)/t24-,25-,26-,33+/m0/s1. The van der Waals surface area contributed by atoms with E-state index in [9.17, 15) is 19.5 Å². The van der Waals surface area contributed by atoms with Crippen molar-refractivity contribution in [2.24, 2.45) is 5.92 Å². The van der Waals surface area contributed by atoms with Gasteiger partial charge in [0.1, 0.15) is 5.75 Å². The summed E-state index contributed by atoms with van der Waals surface area (Å²) in [4.78, 5) is 45.7. The fraction of sp³-hybridized carbons (Fsp3) is 0.583. The molecule has 2 aliphatic heterocycles. The van der Waals surface area contributed by atoms with E-state index in [0.29, 0.717) is 48.2 Å². The average Bonchev–Trinajstić information content (AvgIpc) is 3.53. The number of urea groups is 1. The average molecular weight is 684 g/mol. The lowest BCUT2D eigenvalue weighted by molar-refractivity contribution is -0.132. The van der Waals surface area contributed by atoms with E-state index < -0.39 is 12.1 Å². The second-order valence-corrected chi connectivity index (χ2v) is 13.3. The van der Waals surface area contributed by atoms with Crippen molar-refractivity contribution >= 4 is 29.2 Å². The van der Waals surface area contributed by atoms with E-state index in [1.165, 1.54) is 0 Å². The summed E-state index contributed by atoms with van der Waals surface area (Å²) in [6.07, 6.45) is 3.13. The summed E-state index contributed by atoms with van der Waals surface area (Å²) in [5.74, 6) is 1.08. The Morgan fingerprint density at radius 3 is 2.41 bits per heavy atom. The first-order chi connectivity index (χ1) is 23.4. The van der Waals surface area contributed by atoms with Crippen molar-refractivity contribution in [2.75, 3.05) is 71.4 Å². The molecule has 4 atom stereocenters. The largest absolute Gasteiger partial charge is 0.490 e. The van der Waals surface area contributed by atoms with Gasteiger partial charge in [-0.05, 0) is 90.5 Å². The lowest BCUT2D eigenvalue weighted by atomic mass is 10.0. The monoisotopic (exact) mass is 683 g/mol. The number of rotatable bonds is 10. The van der Waals surface area contributed by atoms with Gasteiger partial charge in [0.15, 0.2) is 11.5 Å². The van der Waals surface area contributed by atoms with Crippen molar-refractivity contribution in [3.63, 3.8) is 0 Å². The third-order valence-corrected chi connectivity index (χ3v) is 8.82. The molecule has 2 aliphatic rings. The highest BCUT2D eigenvalue weighted by Gasteiger charge is 2.31. The Kier molecular flexibility index (Phi) is 13.9. The lowest BCUT2D eigenvalue weighted by Crippen LogP contribution is -2.48. The molecule has 2 heterocycles. The Hall–Kier alpha value is -4.07. The number of aliphatic hydroxyl groups excluding tert-OH is 1. The molecule has 0 radical (unpaired) electrons. The van der Waals surface area contributed by atoms with Gasteiger partial charge >= 0.3 is 6.03 Å². The van der Waals surface area contributed by atoms with E-state index in [1.807, 2.05) is 27.9 Å². The van der Waals surface area contributed by atoms with Crippen molar-refractivity contribution in [3.05, 3.63) is 42.0 Å². The van der Waals surface area contributed by atoms with E-state index in [4.69, 9.17) is 18.9 Å². The van der Waals surface area contributed by atoms with Crippen LogP contribution in [0.5, 0.6) is 17.2 Å². The van der Waals surface area contributed by atoms with Crippen molar-refractivity contribution in [3.8, 4) is 17.2 Å². The number of anilines is 2. The molecule has 0 spiro atoms. The van der Waals surface area contributed by atoms with Crippen LogP contribution in [0.2, 0.25) is 0 Å². The summed E-state index contributed by atoms with van der Waals surface area (Å²) < 4.78 is 23.4. The number of nitrogens with one attached hydrogen (secondary N) is 2. The molecule has 0 unspecified atom stereocenters. The Morgan fingerprint density at radius 2 is 1.69 bits per heavy atom. The number of hydrogen-bond donors (Lipinski definition) is 3. The second-order valence-electron chi connectivity index (χ2n) is 13.3. The van der Waals surface area contributed by atoms with Gasteiger partial charge in [0.2, 0.25) is 12.7 Å². The van der Waals surface area contributed by atoms with Crippen LogP contribution in [-0.4, -0.2) is 117 Å². The Labute approximate surface area is 289 Å². The number of carbonyl (C=O) groups excluding carboxylic acids is 3. The summed E-state index contributed by atoms with van der Waals surface area (Å²) in [5, 5.41) is 15.8. The van der Waals surface area contributed by atoms with Crippen LogP contribution in [0, 0.1) is 5.92 Å². The summed E-state index contributed by atoms with van der Waals surface area (Å²) in [6, 6.07) is 9.07. The topological polar surface area (TPSA) is 142 Å². The molecule has 49 heavy (non-hydrogen) atoms. The highest BCUT2D eigenvalue weighted by molar-refractivity contribution is 6.02. The van der Waals surface area contributed by atoms with E-state index in [2.05, 4.69) is 15.5 Å². The fourth-order valence-corrected chi connectivity index (χ4v) is 5.84. The highest BCUT2D eigenvalue weighted by Crippen LogP contribution is 2.34. The van der Waals surface area contributed by atoms with Crippen LogP contribution in [-0.2, 0) is 9.53 Å². The summed E-state index contributed by atoms with van der Waals surface area (Å²) in [7, 11) is 5.77. The van der Waals surface area contributed by atoms with Crippen LogP contribution in [0.3, 0.4) is 0 Å². The highest BCUT2D eigenvalue weighted by atomic mass is 16.7. The van der Waals surface area contributed by atoms with Crippen LogP contribution in [0.15, 0.2) is 36.4 Å². The van der Waals surface area contributed by atoms with E-state index in [1.54, 1.807) is 60.2 Å². The number of nitrogens with zero attached hydrogens (tertiary/aromatic N) is 3. The number of ether oxygens (including phenoxy) is 4. The number of benzene rings is 2. The molecule has 4 amide bonds. The lowest BCUT2D eigenvalue weighted by Gasteiger charge is -2.36. The zero-order valence-corrected chi connectivity index (χ0v) is 29.7. The first-order valence-corrected chi connectivity index (χ1v) is 17.2. The fourth-order valence-electron chi connectivity index (χ4n) is 5.84. The summed E-state index contributed by atoms with van der Waals surface area (Å²) >= 11 is 0. The molecule has 2 aromatic carbocycles. The molecule has 0 bridgehead atoms. The van der Waals surface area contributed by atoms with Crippen molar-refractivity contribution in [1.82, 2.24) is 14.7 Å². The third kappa shape index (κ3) is 11.0. The van der Waals surface area contributed by atoms with Gasteiger partial charge in [0.25, 0.3) is 5.91 Å². The molecule has 13 heteroatoms. The van der Waals surface area contributed by atoms with Crippen LogP contribution in [0.25, 0.3) is 0 Å². The third-order valence-electron chi connectivity index (χ3n) is 8.82. The number of likely N-dealkylation sites (N-methyl/N-ethyl adjacent to an activating group) is 1. The first-order valence-electron chi connectivity index (χ1n) is 17.2. The van der Waals surface area contributed by atoms with Crippen molar-refractivity contribution in [1.29, 1.82) is 0 Å². The maximum atomic E-state index is 14.4. The number of aliphatic hydroxyl groups is 1. The van der Waals surface area contributed by atoms with Crippen LogP contribution in [0.1, 0.15) is 63.2 Å². The minimum Gasteiger partial charge on any atom is -0.490 e. The molecule has 0 aromatic heterocycles. The minimum absolute atomic E-state index is 0.0520. The van der Waals surface area contributed by atoms with Crippen molar-refractivity contribution in [2.45, 2.75) is 71.1 Å². The molecule has 4 rings (SSSR count). The zero-order valence-electron chi connectivity index (χ0n) is 29.7. The van der Waals surface area contributed by atoms with Gasteiger partial charge in [-0.3, -0.25) is 9.59 Å². The Bertz CT molecular complexity index is 1420. The predicted octanol–water partition coefficient (Wildman–Crippen LogP) is 4.66. The normalized spacial score (nSPS) is 20.5. The van der Waals surface area contributed by atoms with Crippen LogP contribution < -0.4 is 24.8 Å². The summed E-state index contributed by atoms with van der Waals surface area (Å²) in [5.41, 5.74) is 1.17. The minimum atomic E-state index is -0.523. The molecule has 13 nitrogen and oxygen atoms in total. The smallest absolute Gasteiger partial charge is 0.323 e. The first kappa shape index (κ1) is 37.7. The molecule has 3 N–H and O–H groups in total. The van der Waals surface area contributed by atoms with Gasteiger partial charge < -0.3 is 49.4 Å². The Morgan fingerprint density at radius 1 is 1.00 bits per heavy atom. The number of fused-ring (bicyclic) bond motifs is 2. The Balaban J connectivity index is 1.55. The second kappa shape index (κ2) is 18.1. The molecule has 0 fully saturated rings. The van der Waals surface area contributed by atoms with E-state index >= 15 is 0 Å². The molecule has 0 aliphatic carbocycles. The van der Waals surface area contributed by atoms with E-state index in [0.717, 1.165) is 32.2 Å². The molecule has 0 saturated carbocycles. The number of amides is 4. The van der Waals surface area contributed by atoms with Crippen LogP contribution >= 0.6 is 0 Å². The summed E-state index contributed by atoms with van der Waals surface area (Å²) in [6.45, 7) is 7.63. The van der Waals surface area contributed by atoms with Gasteiger partial charge in [0.05, 0.1) is 30.4 Å². The van der Waals surface area contributed by atoms with Crippen LogP contribution in [0.4, 0.5) is 16.2 Å². The van der Waals surface area contributed by atoms with Crippen molar-refractivity contribution < 1.29 is 38.4 Å². The number of hydrogen-bond acceptors (Lipinski definition) is 9.